The molecule has 0 unspecified atom stereocenters. The number of hydrogen-bond acceptors (Lipinski definition) is 4. The third-order valence-corrected chi connectivity index (χ3v) is 4.02. The molecule has 0 spiro atoms. The average Bonchev–Trinajstić information content (AvgIpc) is 2.66. The molecule has 6 heteroatoms. The van der Waals surface area contributed by atoms with Gasteiger partial charge < -0.3 is 14.8 Å². The first-order valence-corrected chi connectivity index (χ1v) is 8.27. The second-order valence-electron chi connectivity index (χ2n) is 5.76. The van der Waals surface area contributed by atoms with E-state index in [1.807, 2.05) is 24.3 Å². The summed E-state index contributed by atoms with van der Waals surface area (Å²) < 4.78 is 23.1. The van der Waals surface area contributed by atoms with Crippen LogP contribution in [0.2, 0.25) is 0 Å². The van der Waals surface area contributed by atoms with Gasteiger partial charge in [-0.25, -0.2) is 4.39 Å². The van der Waals surface area contributed by atoms with E-state index in [4.69, 9.17) is 4.74 Å². The molecule has 1 N–H and O–H groups in total. The van der Waals surface area contributed by atoms with Gasteiger partial charge in [-0.1, -0.05) is 30.3 Å². The quantitative estimate of drug-likeness (QED) is 0.735. The number of rotatable bonds is 8. The fraction of sp³-hybridized carbons (Fsp3) is 0.300. The summed E-state index contributed by atoms with van der Waals surface area (Å²) in [6.07, 6.45) is 0.714. The zero-order valence-electron chi connectivity index (χ0n) is 14.8. The Bertz CT molecular complexity index is 746. The van der Waals surface area contributed by atoms with Gasteiger partial charge in [0.1, 0.15) is 11.6 Å². The van der Waals surface area contributed by atoms with E-state index >= 15 is 0 Å². The Morgan fingerprint density at radius 3 is 2.42 bits per heavy atom. The number of esters is 1. The van der Waals surface area contributed by atoms with E-state index in [0.29, 0.717) is 12.0 Å². The molecule has 0 radical (unpaired) electrons. The van der Waals surface area contributed by atoms with Crippen LogP contribution in [0.25, 0.3) is 0 Å². The number of benzene rings is 2. The third-order valence-electron chi connectivity index (χ3n) is 4.02. The lowest BCUT2D eigenvalue weighted by molar-refractivity contribution is -0.141. The molecule has 2 rings (SSSR count). The molecule has 0 aromatic heterocycles. The van der Waals surface area contributed by atoms with Gasteiger partial charge in [-0.05, 0) is 35.7 Å². The highest BCUT2D eigenvalue weighted by Gasteiger charge is 2.19. The number of amides is 1. The van der Waals surface area contributed by atoms with E-state index in [-0.39, 0.29) is 24.6 Å². The number of carbonyl (C=O) groups is 2. The van der Waals surface area contributed by atoms with Crippen molar-refractivity contribution in [2.75, 3.05) is 14.2 Å². The van der Waals surface area contributed by atoms with Crippen molar-refractivity contribution in [1.29, 1.82) is 0 Å². The first-order chi connectivity index (χ1) is 12.5. The molecule has 0 fully saturated rings. The van der Waals surface area contributed by atoms with Crippen LogP contribution in [-0.4, -0.2) is 26.1 Å². The Labute approximate surface area is 152 Å². The summed E-state index contributed by atoms with van der Waals surface area (Å²) in [5.74, 6) is -0.323. The van der Waals surface area contributed by atoms with E-state index in [2.05, 4.69) is 10.1 Å². The van der Waals surface area contributed by atoms with Crippen molar-refractivity contribution in [3.8, 4) is 5.75 Å². The minimum atomic E-state index is -0.576. The predicted octanol–water partition coefficient (Wildman–Crippen LogP) is 3.19. The zero-order valence-corrected chi connectivity index (χ0v) is 14.8. The fourth-order valence-corrected chi connectivity index (χ4v) is 2.62. The lowest BCUT2D eigenvalue weighted by Gasteiger charge is -2.18. The second kappa shape index (κ2) is 9.56. The van der Waals surface area contributed by atoms with Gasteiger partial charge in [0.2, 0.25) is 5.91 Å². The normalized spacial score (nSPS) is 11.5. The van der Waals surface area contributed by atoms with Crippen molar-refractivity contribution in [2.45, 2.75) is 25.3 Å². The maximum absolute atomic E-state index is 13.1. The van der Waals surface area contributed by atoms with Gasteiger partial charge in [0.15, 0.2) is 0 Å². The molecule has 0 aliphatic heterocycles. The summed E-state index contributed by atoms with van der Waals surface area (Å²) >= 11 is 0. The van der Waals surface area contributed by atoms with Crippen molar-refractivity contribution in [3.05, 3.63) is 65.5 Å². The van der Waals surface area contributed by atoms with Gasteiger partial charge in [-0.3, -0.25) is 9.59 Å². The number of carbonyl (C=O) groups excluding carboxylic acids is 2. The van der Waals surface area contributed by atoms with E-state index in [9.17, 15) is 14.0 Å². The molecule has 26 heavy (non-hydrogen) atoms. The van der Waals surface area contributed by atoms with Crippen LogP contribution < -0.4 is 10.1 Å². The highest BCUT2D eigenvalue weighted by Crippen LogP contribution is 2.21. The van der Waals surface area contributed by atoms with Crippen molar-refractivity contribution < 1.29 is 23.5 Å². The van der Waals surface area contributed by atoms with Gasteiger partial charge in [0.05, 0.1) is 26.7 Å². The zero-order chi connectivity index (χ0) is 18.9. The van der Waals surface area contributed by atoms with Gasteiger partial charge in [0.25, 0.3) is 0 Å². The SMILES string of the molecule is COC(=O)C[C@@H](NC(=O)CCc1ccccc1OC)c1ccc(F)cc1. The molecule has 0 saturated carbocycles. The molecule has 138 valence electrons. The van der Waals surface area contributed by atoms with E-state index in [1.54, 1.807) is 19.2 Å². The molecule has 1 amide bonds. The summed E-state index contributed by atoms with van der Waals surface area (Å²) in [6.45, 7) is 0. The van der Waals surface area contributed by atoms with Gasteiger partial charge in [0, 0.05) is 6.42 Å². The molecule has 0 aliphatic carbocycles. The van der Waals surface area contributed by atoms with Crippen molar-refractivity contribution in [2.24, 2.45) is 0 Å². The number of aryl methyl sites for hydroxylation is 1. The second-order valence-corrected chi connectivity index (χ2v) is 5.76. The highest BCUT2D eigenvalue weighted by molar-refractivity contribution is 5.78. The number of hydrogen-bond donors (Lipinski definition) is 1. The summed E-state index contributed by atoms with van der Waals surface area (Å²) in [4.78, 5) is 24.0. The summed E-state index contributed by atoms with van der Waals surface area (Å²) in [6, 6.07) is 12.6. The maximum atomic E-state index is 13.1. The number of para-hydroxylation sites is 1. The summed E-state index contributed by atoms with van der Waals surface area (Å²) in [5, 5.41) is 2.82. The highest BCUT2D eigenvalue weighted by atomic mass is 19.1. The monoisotopic (exact) mass is 359 g/mol. The number of ether oxygens (including phenoxy) is 2. The molecule has 0 heterocycles. The van der Waals surface area contributed by atoms with Gasteiger partial charge in [-0.2, -0.15) is 0 Å². The van der Waals surface area contributed by atoms with E-state index in [1.165, 1.54) is 19.2 Å². The maximum Gasteiger partial charge on any atom is 0.307 e. The molecular formula is C20H22FNO4. The Morgan fingerprint density at radius 1 is 1.08 bits per heavy atom. The molecule has 1 atom stereocenters. The Hall–Kier alpha value is -2.89. The average molecular weight is 359 g/mol. The first kappa shape index (κ1) is 19.4. The molecule has 2 aromatic carbocycles. The van der Waals surface area contributed by atoms with Gasteiger partial charge >= 0.3 is 5.97 Å². The standard InChI is InChI=1S/C20H22FNO4/c1-25-18-6-4-3-5-15(18)9-12-19(23)22-17(13-20(24)26-2)14-7-10-16(21)11-8-14/h3-8,10-11,17H,9,12-13H2,1-2H3,(H,22,23)/t17-/m1/s1. The predicted molar refractivity (Wildman–Crippen MR) is 95.2 cm³/mol. The molecular weight excluding hydrogens is 337 g/mol. The van der Waals surface area contributed by atoms with Crippen LogP contribution in [0, 0.1) is 5.82 Å². The summed E-state index contributed by atoms with van der Waals surface area (Å²) in [5.41, 5.74) is 1.57. The number of methoxy groups -OCH3 is 2. The smallest absolute Gasteiger partial charge is 0.307 e. The number of halogens is 1. The van der Waals surface area contributed by atoms with Crippen LogP contribution in [0.15, 0.2) is 48.5 Å². The Balaban J connectivity index is 2.03. The van der Waals surface area contributed by atoms with Crippen LogP contribution >= 0.6 is 0 Å². The van der Waals surface area contributed by atoms with Crippen LogP contribution in [0.1, 0.15) is 30.0 Å². The Kier molecular flexibility index (Phi) is 7.14. The van der Waals surface area contributed by atoms with E-state index < -0.39 is 12.0 Å². The van der Waals surface area contributed by atoms with Crippen molar-refractivity contribution >= 4 is 11.9 Å². The van der Waals surface area contributed by atoms with Crippen molar-refractivity contribution in [1.82, 2.24) is 5.32 Å². The van der Waals surface area contributed by atoms with Gasteiger partial charge in [-0.15, -0.1) is 0 Å². The topological polar surface area (TPSA) is 64.6 Å². The fourth-order valence-electron chi connectivity index (χ4n) is 2.62. The van der Waals surface area contributed by atoms with Crippen LogP contribution in [-0.2, 0) is 20.7 Å². The minimum Gasteiger partial charge on any atom is -0.496 e. The minimum absolute atomic E-state index is 0.0253. The first-order valence-electron chi connectivity index (χ1n) is 8.27. The molecule has 0 aliphatic rings. The van der Waals surface area contributed by atoms with Crippen molar-refractivity contribution in [3.63, 3.8) is 0 Å². The lowest BCUT2D eigenvalue weighted by atomic mass is 10.0. The third kappa shape index (κ3) is 5.58. The number of nitrogens with one attached hydrogen (secondary N) is 1. The molecule has 0 saturated heterocycles. The van der Waals surface area contributed by atoms with E-state index in [0.717, 1.165) is 11.3 Å². The Morgan fingerprint density at radius 2 is 1.77 bits per heavy atom. The molecule has 0 bridgehead atoms. The van der Waals surface area contributed by atoms with Crippen LogP contribution in [0.3, 0.4) is 0 Å². The van der Waals surface area contributed by atoms with Crippen LogP contribution in [0.5, 0.6) is 5.75 Å². The largest absolute Gasteiger partial charge is 0.496 e. The lowest BCUT2D eigenvalue weighted by Crippen LogP contribution is -2.30. The van der Waals surface area contributed by atoms with Crippen LogP contribution in [0.4, 0.5) is 4.39 Å². The molecule has 2 aromatic rings. The molecule has 5 nitrogen and oxygen atoms in total. The summed E-state index contributed by atoms with van der Waals surface area (Å²) in [7, 11) is 2.87.